The minimum atomic E-state index is -0.982. The fraction of sp³-hybridized carbons (Fsp3) is 0.500. The van der Waals surface area contributed by atoms with Crippen LogP contribution in [0.15, 0.2) is 15.9 Å². The zero-order valence-electron chi connectivity index (χ0n) is 12.1. The van der Waals surface area contributed by atoms with Gasteiger partial charge >= 0.3 is 5.97 Å². The van der Waals surface area contributed by atoms with Crippen LogP contribution >= 0.6 is 27.3 Å². The second-order valence-corrected chi connectivity index (χ2v) is 7.66. The number of rotatable bonds is 4. The first-order valence-electron chi connectivity index (χ1n) is 6.93. The van der Waals surface area contributed by atoms with E-state index >= 15 is 0 Å². The van der Waals surface area contributed by atoms with Crippen molar-refractivity contribution in [3.05, 3.63) is 20.8 Å². The quantitative estimate of drug-likeness (QED) is 0.855. The molecule has 1 aromatic rings. The van der Waals surface area contributed by atoms with E-state index in [-0.39, 0.29) is 18.4 Å². The molecule has 0 unspecified atom stereocenters. The molecule has 0 aliphatic carbocycles. The second-order valence-electron chi connectivity index (χ2n) is 5.20. The number of aliphatic carboxylic acids is 1. The Bertz CT molecular complexity index is 589. The third-order valence-electron chi connectivity index (χ3n) is 3.61. The number of nitrogens with zero attached hydrogens (tertiary/aromatic N) is 2. The molecule has 0 saturated carbocycles. The van der Waals surface area contributed by atoms with Gasteiger partial charge in [0.15, 0.2) is 0 Å². The van der Waals surface area contributed by atoms with Gasteiger partial charge in [0.1, 0.15) is 6.04 Å². The Morgan fingerprint density at radius 3 is 2.73 bits per heavy atom. The molecule has 2 heterocycles. The molecule has 1 fully saturated rings. The van der Waals surface area contributed by atoms with Crippen LogP contribution in [0, 0.1) is 0 Å². The van der Waals surface area contributed by atoms with E-state index in [1.54, 1.807) is 19.2 Å². The summed E-state index contributed by atoms with van der Waals surface area (Å²) >= 11 is 4.59. The lowest BCUT2D eigenvalue weighted by Crippen LogP contribution is -2.51. The summed E-state index contributed by atoms with van der Waals surface area (Å²) in [5.41, 5.74) is 0. The Morgan fingerprint density at radius 2 is 2.14 bits per heavy atom. The molecule has 0 spiro atoms. The average molecular weight is 389 g/mol. The van der Waals surface area contributed by atoms with E-state index in [4.69, 9.17) is 0 Å². The zero-order chi connectivity index (χ0) is 16.3. The van der Waals surface area contributed by atoms with E-state index in [1.807, 2.05) is 0 Å². The number of carbonyl (C=O) groups is 3. The van der Waals surface area contributed by atoms with Crippen molar-refractivity contribution in [1.82, 2.24) is 9.80 Å². The first kappa shape index (κ1) is 17.0. The van der Waals surface area contributed by atoms with Crippen molar-refractivity contribution in [3.8, 4) is 0 Å². The van der Waals surface area contributed by atoms with Crippen LogP contribution in [0.4, 0.5) is 0 Å². The molecule has 2 rings (SSSR count). The monoisotopic (exact) mass is 388 g/mol. The van der Waals surface area contributed by atoms with Gasteiger partial charge in [0.25, 0.3) is 5.91 Å². The van der Waals surface area contributed by atoms with Crippen molar-refractivity contribution < 1.29 is 19.5 Å². The maximum Gasteiger partial charge on any atom is 0.326 e. The van der Waals surface area contributed by atoms with Crippen LogP contribution in [-0.2, 0) is 9.59 Å². The minimum Gasteiger partial charge on any atom is -0.480 e. The molecule has 1 atom stereocenters. The van der Waals surface area contributed by atoms with Crippen LogP contribution in [0.2, 0.25) is 0 Å². The van der Waals surface area contributed by atoms with Crippen LogP contribution in [0.25, 0.3) is 0 Å². The van der Waals surface area contributed by atoms with E-state index in [1.165, 1.54) is 21.1 Å². The van der Waals surface area contributed by atoms with Crippen LogP contribution < -0.4 is 0 Å². The fourth-order valence-electron chi connectivity index (χ4n) is 2.47. The van der Waals surface area contributed by atoms with E-state index in [0.717, 1.165) is 16.6 Å². The summed E-state index contributed by atoms with van der Waals surface area (Å²) in [6, 6.07) is 2.69. The summed E-state index contributed by atoms with van der Waals surface area (Å²) in [5, 5.41) is 9.20. The molecular formula is C14H17BrN2O4S. The predicted molar refractivity (Wildman–Crippen MR) is 86.0 cm³/mol. The van der Waals surface area contributed by atoms with E-state index in [9.17, 15) is 19.5 Å². The summed E-state index contributed by atoms with van der Waals surface area (Å²) in [6.45, 7) is 0.320. The van der Waals surface area contributed by atoms with Gasteiger partial charge in [0, 0.05) is 13.6 Å². The summed E-state index contributed by atoms with van der Waals surface area (Å²) < 4.78 is 0.845. The molecule has 6 nitrogen and oxygen atoms in total. The standard InChI is InChI=1S/C14H17BrN2O4S/c1-16(13(19)10-5-6-11(15)22-10)8-12(18)17-7-3-2-4-9(17)14(20)21/h5-6,9H,2-4,7-8H2,1H3,(H,20,21)/t9-/m1/s1. The SMILES string of the molecule is CN(CC(=O)N1CCCC[C@@H]1C(=O)O)C(=O)c1ccc(Br)s1. The normalized spacial score (nSPS) is 18.1. The summed E-state index contributed by atoms with van der Waals surface area (Å²) in [5.74, 6) is -1.55. The van der Waals surface area contributed by atoms with Crippen molar-refractivity contribution >= 4 is 45.1 Å². The molecule has 120 valence electrons. The lowest BCUT2D eigenvalue weighted by Gasteiger charge is -2.34. The van der Waals surface area contributed by atoms with Gasteiger partial charge in [-0.15, -0.1) is 11.3 Å². The maximum absolute atomic E-state index is 12.3. The molecular weight excluding hydrogens is 372 g/mol. The molecule has 8 heteroatoms. The first-order valence-corrected chi connectivity index (χ1v) is 8.54. The Kier molecular flexibility index (Phi) is 5.57. The van der Waals surface area contributed by atoms with Crippen molar-refractivity contribution in [2.75, 3.05) is 20.1 Å². The van der Waals surface area contributed by atoms with E-state index in [2.05, 4.69) is 15.9 Å². The van der Waals surface area contributed by atoms with Crippen LogP contribution in [0.3, 0.4) is 0 Å². The summed E-state index contributed by atoms with van der Waals surface area (Å²) in [7, 11) is 1.55. The molecule has 0 radical (unpaired) electrons. The highest BCUT2D eigenvalue weighted by Gasteiger charge is 2.32. The molecule has 0 bridgehead atoms. The summed E-state index contributed by atoms with van der Waals surface area (Å²) in [4.78, 5) is 39.0. The highest BCUT2D eigenvalue weighted by molar-refractivity contribution is 9.11. The van der Waals surface area contributed by atoms with E-state index in [0.29, 0.717) is 17.8 Å². The Labute approximate surface area is 140 Å². The lowest BCUT2D eigenvalue weighted by atomic mass is 10.0. The minimum absolute atomic E-state index is 0.113. The lowest BCUT2D eigenvalue weighted by molar-refractivity contribution is -0.152. The fourth-order valence-corrected chi connectivity index (χ4v) is 3.85. The molecule has 0 aromatic carbocycles. The van der Waals surface area contributed by atoms with Gasteiger partial charge in [-0.25, -0.2) is 4.79 Å². The topological polar surface area (TPSA) is 77.9 Å². The third-order valence-corrected chi connectivity index (χ3v) is 5.22. The smallest absolute Gasteiger partial charge is 0.326 e. The summed E-state index contributed by atoms with van der Waals surface area (Å²) in [6.07, 6.45) is 2.07. The highest BCUT2D eigenvalue weighted by atomic mass is 79.9. The number of carboxylic acids is 1. The molecule has 22 heavy (non-hydrogen) atoms. The number of hydrogen-bond acceptors (Lipinski definition) is 4. The molecule has 1 aliphatic rings. The maximum atomic E-state index is 12.3. The first-order chi connectivity index (χ1) is 10.4. The van der Waals surface area contributed by atoms with Gasteiger partial charge in [-0.1, -0.05) is 0 Å². The van der Waals surface area contributed by atoms with Crippen molar-refractivity contribution in [2.24, 2.45) is 0 Å². The Morgan fingerprint density at radius 1 is 1.41 bits per heavy atom. The number of likely N-dealkylation sites (N-methyl/N-ethyl adjacent to an activating group) is 1. The molecule has 1 saturated heterocycles. The van der Waals surface area contributed by atoms with Crippen LogP contribution in [-0.4, -0.2) is 58.9 Å². The van der Waals surface area contributed by atoms with Gasteiger partial charge in [0.2, 0.25) is 5.91 Å². The number of piperidine rings is 1. The molecule has 1 aliphatic heterocycles. The average Bonchev–Trinajstić information content (AvgIpc) is 2.92. The molecule has 2 amide bonds. The number of carboxylic acid groups (broad SMARTS) is 1. The van der Waals surface area contributed by atoms with Crippen molar-refractivity contribution in [1.29, 1.82) is 0 Å². The van der Waals surface area contributed by atoms with Crippen molar-refractivity contribution in [3.63, 3.8) is 0 Å². The van der Waals surface area contributed by atoms with Gasteiger partial charge in [-0.3, -0.25) is 9.59 Å². The van der Waals surface area contributed by atoms with Gasteiger partial charge in [-0.05, 0) is 47.3 Å². The Balaban J connectivity index is 2.00. The second kappa shape index (κ2) is 7.23. The third kappa shape index (κ3) is 3.86. The highest BCUT2D eigenvalue weighted by Crippen LogP contribution is 2.23. The molecule has 1 N–H and O–H groups in total. The number of likely N-dealkylation sites (tertiary alicyclic amines) is 1. The number of halogens is 1. The predicted octanol–water partition coefficient (Wildman–Crippen LogP) is 2.05. The van der Waals surface area contributed by atoms with Crippen molar-refractivity contribution in [2.45, 2.75) is 25.3 Å². The van der Waals surface area contributed by atoms with E-state index < -0.39 is 12.0 Å². The Hall–Kier alpha value is -1.41. The molecule has 1 aromatic heterocycles. The zero-order valence-corrected chi connectivity index (χ0v) is 14.5. The van der Waals surface area contributed by atoms with Gasteiger partial charge in [0.05, 0.1) is 15.2 Å². The number of carbonyl (C=O) groups excluding carboxylic acids is 2. The number of hydrogen-bond donors (Lipinski definition) is 1. The number of thiophene rings is 1. The van der Waals surface area contributed by atoms with Crippen LogP contribution in [0.1, 0.15) is 28.9 Å². The van der Waals surface area contributed by atoms with Gasteiger partial charge in [-0.2, -0.15) is 0 Å². The number of amides is 2. The van der Waals surface area contributed by atoms with Gasteiger partial charge < -0.3 is 14.9 Å². The largest absolute Gasteiger partial charge is 0.480 e. The van der Waals surface area contributed by atoms with Crippen LogP contribution in [0.5, 0.6) is 0 Å².